The minimum atomic E-state index is -0.635. The number of azo groups is 2. The van der Waals surface area contributed by atoms with Gasteiger partial charge in [-0.2, -0.15) is 10.5 Å². The molecule has 0 bridgehead atoms. The molecular weight excluding hydrogens is 781 g/mol. The van der Waals surface area contributed by atoms with Crippen LogP contribution in [0.1, 0.15) is 108 Å². The molecule has 2 aromatic carbocycles. The van der Waals surface area contributed by atoms with E-state index in [0.29, 0.717) is 37.5 Å². The first kappa shape index (κ1) is 43.6. The van der Waals surface area contributed by atoms with Gasteiger partial charge in [0.2, 0.25) is 11.8 Å². The molecule has 16 heteroatoms. The molecule has 0 aliphatic heterocycles. The van der Waals surface area contributed by atoms with E-state index in [0.717, 1.165) is 34.8 Å². The Hall–Kier alpha value is -6.94. The predicted octanol–water partition coefficient (Wildman–Crippen LogP) is 8.84. The van der Waals surface area contributed by atoms with E-state index in [1.807, 2.05) is 12.1 Å². The van der Waals surface area contributed by atoms with Crippen LogP contribution in [0.2, 0.25) is 0 Å². The lowest BCUT2D eigenvalue weighted by atomic mass is 9.60. The van der Waals surface area contributed by atoms with Crippen molar-refractivity contribution in [3.8, 4) is 23.9 Å². The van der Waals surface area contributed by atoms with Gasteiger partial charge in [-0.3, -0.25) is 18.7 Å². The van der Waals surface area contributed by atoms with Crippen molar-refractivity contribution in [1.82, 2.24) is 9.13 Å². The zero-order valence-electron chi connectivity index (χ0n) is 35.0. The summed E-state index contributed by atoms with van der Waals surface area (Å²) >= 11 is 0. The fourth-order valence-electron chi connectivity index (χ4n) is 8.53. The molecule has 6 rings (SSSR count). The van der Waals surface area contributed by atoms with Gasteiger partial charge in [-0.25, -0.2) is 9.59 Å². The summed E-state index contributed by atoms with van der Waals surface area (Å²) in [7, 11) is 2.65. The van der Waals surface area contributed by atoms with Gasteiger partial charge in [0.25, 0.3) is 11.1 Å². The lowest BCUT2D eigenvalue weighted by molar-refractivity contribution is -0.0198. The zero-order chi connectivity index (χ0) is 44.2. The highest BCUT2D eigenvalue weighted by Gasteiger charge is 2.41. The highest BCUT2D eigenvalue weighted by atomic mass is 16.5. The molecule has 4 aromatic rings. The van der Waals surface area contributed by atoms with E-state index in [1.165, 1.54) is 27.9 Å². The second kappa shape index (κ2) is 18.1. The number of hydrogen-bond acceptors (Lipinski definition) is 14. The summed E-state index contributed by atoms with van der Waals surface area (Å²) in [5, 5.41) is 55.9. The zero-order valence-corrected chi connectivity index (χ0v) is 35.0. The second-order valence-electron chi connectivity index (χ2n) is 16.3. The molecule has 61 heavy (non-hydrogen) atoms. The largest absolute Gasteiger partial charge is 0.493 e. The third kappa shape index (κ3) is 8.84. The Morgan fingerprint density at radius 2 is 0.984 bits per heavy atom. The van der Waals surface area contributed by atoms with E-state index in [9.17, 15) is 39.9 Å². The van der Waals surface area contributed by atoms with Crippen molar-refractivity contribution < 1.29 is 29.3 Å². The third-order valence-corrected chi connectivity index (χ3v) is 12.5. The van der Waals surface area contributed by atoms with Crippen molar-refractivity contribution in [1.29, 1.82) is 10.5 Å². The molecule has 16 nitrogen and oxygen atoms in total. The van der Waals surface area contributed by atoms with E-state index >= 15 is 0 Å². The number of carbonyl (C=O) groups is 2. The van der Waals surface area contributed by atoms with Crippen LogP contribution >= 0.6 is 0 Å². The Morgan fingerprint density at radius 3 is 1.33 bits per heavy atom. The van der Waals surface area contributed by atoms with Gasteiger partial charge in [0.05, 0.1) is 11.1 Å². The molecule has 0 radical (unpaired) electrons. The van der Waals surface area contributed by atoms with Crippen LogP contribution in [0.5, 0.6) is 11.8 Å². The minimum absolute atomic E-state index is 0.00637. The molecule has 0 amide bonds. The maximum atomic E-state index is 13.4. The Labute approximate surface area is 352 Å². The highest BCUT2D eigenvalue weighted by molar-refractivity contribution is 5.95. The summed E-state index contributed by atoms with van der Waals surface area (Å²) in [5.74, 6) is -1.21. The van der Waals surface area contributed by atoms with Crippen molar-refractivity contribution in [3.63, 3.8) is 0 Å². The van der Waals surface area contributed by atoms with Gasteiger partial charge in [-0.15, -0.1) is 20.5 Å². The minimum Gasteiger partial charge on any atom is -0.493 e. The summed E-state index contributed by atoms with van der Waals surface area (Å²) in [6.45, 7) is 7.59. The van der Waals surface area contributed by atoms with Crippen molar-refractivity contribution in [2.45, 2.75) is 91.3 Å². The molecule has 2 heterocycles. The molecule has 2 aliphatic rings. The van der Waals surface area contributed by atoms with E-state index in [1.54, 1.807) is 48.5 Å². The van der Waals surface area contributed by atoms with Gasteiger partial charge in [-0.1, -0.05) is 38.1 Å². The normalized spacial score (nSPS) is 19.3. The second-order valence-corrected chi connectivity index (χ2v) is 16.3. The number of hydrogen-bond donors (Lipinski definition) is 2. The molecule has 2 N–H and O–H groups in total. The maximum Gasteiger partial charge on any atom is 0.340 e. The van der Waals surface area contributed by atoms with Crippen LogP contribution in [-0.2, 0) is 23.6 Å². The number of carbonyl (C=O) groups excluding carboxylic acids is 2. The molecule has 0 spiro atoms. The SMILES string of the molecule is Cc1c(C#N)c(O)n(C)c(=O)c1N=Nc1ccccc1C(=O)OC1CCC(C(C)(C)C2CCC(OC(=O)c3ccccc3N=Nc3c(C)c(C#N)c(O)n(C)c3=O)CC2)CC1. The van der Waals surface area contributed by atoms with Gasteiger partial charge in [0.15, 0.2) is 11.4 Å². The number of esters is 2. The number of pyridine rings is 2. The van der Waals surface area contributed by atoms with Crippen LogP contribution in [0.15, 0.2) is 78.6 Å². The molecule has 316 valence electrons. The average Bonchev–Trinajstić information content (AvgIpc) is 3.26. The van der Waals surface area contributed by atoms with Gasteiger partial charge < -0.3 is 19.7 Å². The van der Waals surface area contributed by atoms with Gasteiger partial charge in [0, 0.05) is 25.2 Å². The summed E-state index contributed by atoms with van der Waals surface area (Å²) in [6, 6.07) is 16.9. The first-order valence-corrected chi connectivity index (χ1v) is 20.2. The predicted molar refractivity (Wildman–Crippen MR) is 223 cm³/mol. The summed E-state index contributed by atoms with van der Waals surface area (Å²) in [6.07, 6.45) is 5.77. The highest BCUT2D eigenvalue weighted by Crippen LogP contribution is 2.49. The summed E-state index contributed by atoms with van der Waals surface area (Å²) < 4.78 is 13.8. The maximum absolute atomic E-state index is 13.4. The third-order valence-electron chi connectivity index (χ3n) is 12.5. The lowest BCUT2D eigenvalue weighted by Crippen LogP contribution is -2.39. The molecular formula is C45H48N8O8. The number of nitrogens with zero attached hydrogens (tertiary/aromatic N) is 8. The van der Waals surface area contributed by atoms with Crippen LogP contribution in [0.25, 0.3) is 0 Å². The van der Waals surface area contributed by atoms with Crippen LogP contribution in [0.3, 0.4) is 0 Å². The first-order chi connectivity index (χ1) is 29.1. The van der Waals surface area contributed by atoms with E-state index in [4.69, 9.17) is 9.47 Å². The quantitative estimate of drug-likeness (QED) is 0.114. The average molecular weight is 829 g/mol. The molecule has 0 unspecified atom stereocenters. The molecule has 0 saturated heterocycles. The van der Waals surface area contributed by atoms with E-state index in [2.05, 4.69) is 34.3 Å². The molecule has 2 aromatic heterocycles. The topological polar surface area (TPSA) is 234 Å². The van der Waals surface area contributed by atoms with E-state index < -0.39 is 34.8 Å². The van der Waals surface area contributed by atoms with Crippen LogP contribution in [-0.4, -0.2) is 43.5 Å². The Balaban J connectivity index is 1.03. The number of rotatable bonds is 10. The molecule has 2 saturated carbocycles. The van der Waals surface area contributed by atoms with Gasteiger partial charge in [-0.05, 0) is 107 Å². The summed E-state index contributed by atoms with van der Waals surface area (Å²) in [5.41, 5.74) is -0.538. The molecule has 2 fully saturated rings. The number of nitriles is 2. The Morgan fingerprint density at radius 1 is 0.639 bits per heavy atom. The van der Waals surface area contributed by atoms with Crippen molar-refractivity contribution >= 4 is 34.7 Å². The van der Waals surface area contributed by atoms with Crippen LogP contribution in [0, 0.1) is 53.8 Å². The molecule has 0 atom stereocenters. The van der Waals surface area contributed by atoms with Crippen LogP contribution < -0.4 is 11.1 Å². The summed E-state index contributed by atoms with van der Waals surface area (Å²) in [4.78, 5) is 52.5. The van der Waals surface area contributed by atoms with Crippen molar-refractivity contribution in [2.24, 2.45) is 51.8 Å². The van der Waals surface area contributed by atoms with Gasteiger partial charge >= 0.3 is 11.9 Å². The fourth-order valence-corrected chi connectivity index (χ4v) is 8.53. The molecule has 2 aliphatic carbocycles. The Kier molecular flexibility index (Phi) is 13.0. The number of ether oxygens (including phenoxy) is 2. The first-order valence-electron chi connectivity index (χ1n) is 20.2. The monoisotopic (exact) mass is 828 g/mol. The fraction of sp³-hybridized carbons (Fsp3) is 0.422. The van der Waals surface area contributed by atoms with Gasteiger partial charge in [0.1, 0.15) is 46.8 Å². The smallest absolute Gasteiger partial charge is 0.340 e. The number of aromatic hydroxyl groups is 2. The lowest BCUT2D eigenvalue weighted by Gasteiger charge is -2.46. The van der Waals surface area contributed by atoms with Crippen molar-refractivity contribution in [2.75, 3.05) is 0 Å². The van der Waals surface area contributed by atoms with E-state index in [-0.39, 0.29) is 73.8 Å². The Bertz CT molecular complexity index is 2450. The number of benzene rings is 2. The van der Waals surface area contributed by atoms with Crippen LogP contribution in [0.4, 0.5) is 22.7 Å². The van der Waals surface area contributed by atoms with Crippen molar-refractivity contribution in [3.05, 3.63) is 103 Å². The number of aromatic nitrogens is 2. The standard InChI is InChI=1S/C45H48N8O8/c1-25-33(23-46)39(54)52(5)41(56)37(25)50-48-35-13-9-7-11-31(35)43(58)60-29-19-15-27(16-20-29)45(3,4)28-17-21-30(22-18-28)61-44(59)32-12-8-10-14-36(32)49-51-38-26(2)34(24-47)40(55)53(6)42(38)57/h7-14,27-30,54-55H,15-22H2,1-6H3.